The highest BCUT2D eigenvalue weighted by atomic mass is 79.9. The molecule has 0 aliphatic heterocycles. The molecule has 2 heterocycles. The van der Waals surface area contributed by atoms with E-state index in [2.05, 4.69) is 54.0 Å². The maximum Gasteiger partial charge on any atom is 0.336 e. The third-order valence-electron chi connectivity index (χ3n) is 7.26. The molecule has 6 rings (SSSR count). The van der Waals surface area contributed by atoms with Crippen LogP contribution in [0.5, 0.6) is 0 Å². The SMILES string of the molecule is Cc1nc2ccc(Br)cc2c(C(=O)O)c1Cc1ccccc1.O=C(O)c1cc(CCc2ccccc2)nc2ccc(Br)cc12. The van der Waals surface area contributed by atoms with Crippen LogP contribution in [0, 0.1) is 6.92 Å². The first-order valence-corrected chi connectivity index (χ1v) is 15.5. The fourth-order valence-corrected chi connectivity index (χ4v) is 5.86. The van der Waals surface area contributed by atoms with Gasteiger partial charge in [-0.3, -0.25) is 9.97 Å². The van der Waals surface area contributed by atoms with Crippen molar-refractivity contribution in [3.05, 3.63) is 151 Å². The Kier molecular flexibility index (Phi) is 9.82. The molecule has 0 aliphatic carbocycles. The van der Waals surface area contributed by atoms with Gasteiger partial charge in [0.05, 0.1) is 22.2 Å². The molecule has 0 bridgehead atoms. The molecule has 0 atom stereocenters. The first-order chi connectivity index (χ1) is 21.2. The Morgan fingerprint density at radius 1 is 0.659 bits per heavy atom. The predicted molar refractivity (Wildman–Crippen MR) is 181 cm³/mol. The molecule has 220 valence electrons. The van der Waals surface area contributed by atoms with Gasteiger partial charge in [0.15, 0.2) is 0 Å². The number of fused-ring (bicyclic) bond motifs is 2. The number of aromatic carboxylic acids is 2. The van der Waals surface area contributed by atoms with Crippen LogP contribution < -0.4 is 0 Å². The summed E-state index contributed by atoms with van der Waals surface area (Å²) in [7, 11) is 0. The highest BCUT2D eigenvalue weighted by Crippen LogP contribution is 2.28. The van der Waals surface area contributed by atoms with Crippen molar-refractivity contribution in [3.8, 4) is 0 Å². The number of aryl methyl sites for hydroxylation is 3. The van der Waals surface area contributed by atoms with Gasteiger partial charge in [-0.25, -0.2) is 9.59 Å². The van der Waals surface area contributed by atoms with Crippen molar-refractivity contribution in [3.63, 3.8) is 0 Å². The molecule has 2 aromatic heterocycles. The smallest absolute Gasteiger partial charge is 0.336 e. The zero-order valence-electron chi connectivity index (χ0n) is 23.8. The van der Waals surface area contributed by atoms with E-state index < -0.39 is 11.9 Å². The van der Waals surface area contributed by atoms with Crippen LogP contribution in [-0.2, 0) is 19.3 Å². The second kappa shape index (κ2) is 13.9. The first-order valence-electron chi connectivity index (χ1n) is 13.9. The molecule has 0 aliphatic rings. The van der Waals surface area contributed by atoms with Gasteiger partial charge in [0.2, 0.25) is 0 Å². The summed E-state index contributed by atoms with van der Waals surface area (Å²) in [6.45, 7) is 1.87. The van der Waals surface area contributed by atoms with E-state index in [0.29, 0.717) is 39.4 Å². The van der Waals surface area contributed by atoms with Crippen LogP contribution in [0.4, 0.5) is 0 Å². The Morgan fingerprint density at radius 3 is 1.82 bits per heavy atom. The van der Waals surface area contributed by atoms with Crippen LogP contribution in [0.3, 0.4) is 0 Å². The van der Waals surface area contributed by atoms with Gasteiger partial charge in [0.1, 0.15) is 0 Å². The molecule has 0 saturated heterocycles. The quantitative estimate of drug-likeness (QED) is 0.171. The molecule has 0 saturated carbocycles. The summed E-state index contributed by atoms with van der Waals surface area (Å²) >= 11 is 6.78. The van der Waals surface area contributed by atoms with Gasteiger partial charge >= 0.3 is 11.9 Å². The molecule has 4 aromatic carbocycles. The predicted octanol–water partition coefficient (Wildman–Crippen LogP) is 9.08. The van der Waals surface area contributed by atoms with Crippen molar-refractivity contribution < 1.29 is 19.8 Å². The topological polar surface area (TPSA) is 100 Å². The number of nitrogens with zero attached hydrogens (tertiary/aromatic N) is 2. The highest BCUT2D eigenvalue weighted by molar-refractivity contribution is 9.10. The number of hydrogen-bond acceptors (Lipinski definition) is 4. The van der Waals surface area contributed by atoms with Crippen LogP contribution in [0.1, 0.15) is 48.8 Å². The summed E-state index contributed by atoms with van der Waals surface area (Å²) in [5, 5.41) is 20.5. The maximum atomic E-state index is 11.8. The Morgan fingerprint density at radius 2 is 1.23 bits per heavy atom. The van der Waals surface area contributed by atoms with Crippen LogP contribution in [0.25, 0.3) is 21.8 Å². The maximum absolute atomic E-state index is 11.8. The summed E-state index contributed by atoms with van der Waals surface area (Å²) < 4.78 is 1.69. The van der Waals surface area contributed by atoms with Gasteiger partial charge in [-0.1, -0.05) is 92.5 Å². The van der Waals surface area contributed by atoms with Crippen molar-refractivity contribution in [2.75, 3.05) is 0 Å². The van der Waals surface area contributed by atoms with E-state index in [9.17, 15) is 19.8 Å². The standard InChI is InChI=1S/2C18H14BrNO2/c1-11-14(9-12-5-3-2-4-6-12)17(18(21)22)15-10-13(19)7-8-16(15)20-11;19-13-7-9-17-15(10-13)16(18(21)22)11-14(20-17)8-6-12-4-2-1-3-5-12/h2-8,10H,9H2,1H3,(H,21,22);1-5,7,9-11H,6,8H2,(H,21,22). The van der Waals surface area contributed by atoms with Gasteiger partial charge in [0, 0.05) is 37.5 Å². The summed E-state index contributed by atoms with van der Waals surface area (Å²) in [6, 6.07) is 32.7. The second-order valence-corrected chi connectivity index (χ2v) is 12.1. The third-order valence-corrected chi connectivity index (χ3v) is 8.25. The van der Waals surface area contributed by atoms with Crippen molar-refractivity contribution >= 4 is 65.6 Å². The molecular formula is C36H28Br2N2O4. The molecule has 0 amide bonds. The molecule has 8 heteroatoms. The number of hydrogen-bond donors (Lipinski definition) is 2. The molecular weight excluding hydrogens is 684 g/mol. The van der Waals surface area contributed by atoms with Crippen molar-refractivity contribution in [2.24, 2.45) is 0 Å². The third kappa shape index (κ3) is 7.38. The molecule has 6 aromatic rings. The van der Waals surface area contributed by atoms with Gasteiger partial charge in [-0.2, -0.15) is 0 Å². The summed E-state index contributed by atoms with van der Waals surface area (Å²) in [5.41, 5.74) is 6.68. The van der Waals surface area contributed by atoms with Gasteiger partial charge in [0.25, 0.3) is 0 Å². The number of carboxylic acid groups (broad SMARTS) is 2. The lowest BCUT2D eigenvalue weighted by atomic mass is 9.95. The highest BCUT2D eigenvalue weighted by Gasteiger charge is 2.19. The first kappa shape index (κ1) is 31.0. The Balaban J connectivity index is 0.000000175. The van der Waals surface area contributed by atoms with Gasteiger partial charge < -0.3 is 10.2 Å². The molecule has 6 nitrogen and oxygen atoms in total. The Labute approximate surface area is 271 Å². The van der Waals surface area contributed by atoms with Crippen LogP contribution >= 0.6 is 31.9 Å². The molecule has 0 spiro atoms. The van der Waals surface area contributed by atoms with E-state index in [-0.39, 0.29) is 0 Å². The van der Waals surface area contributed by atoms with E-state index in [0.717, 1.165) is 44.3 Å². The van der Waals surface area contributed by atoms with Gasteiger partial charge in [-0.05, 0) is 78.9 Å². The molecule has 0 unspecified atom stereocenters. The van der Waals surface area contributed by atoms with Crippen LogP contribution in [-0.4, -0.2) is 32.1 Å². The minimum absolute atomic E-state index is 0.300. The van der Waals surface area contributed by atoms with E-state index in [1.807, 2.05) is 85.8 Å². The minimum Gasteiger partial charge on any atom is -0.478 e. The number of benzene rings is 4. The summed E-state index contributed by atoms with van der Waals surface area (Å²) in [4.78, 5) is 32.5. The van der Waals surface area contributed by atoms with Crippen LogP contribution in [0.2, 0.25) is 0 Å². The lowest BCUT2D eigenvalue weighted by molar-refractivity contribution is 0.0687. The number of halogens is 2. The van der Waals surface area contributed by atoms with Crippen LogP contribution in [0.15, 0.2) is 112 Å². The monoisotopic (exact) mass is 710 g/mol. The van der Waals surface area contributed by atoms with Crippen molar-refractivity contribution in [1.29, 1.82) is 0 Å². The van der Waals surface area contributed by atoms with E-state index in [1.54, 1.807) is 12.1 Å². The number of aromatic nitrogens is 2. The minimum atomic E-state index is -0.925. The normalized spacial score (nSPS) is 10.8. The van der Waals surface area contributed by atoms with Gasteiger partial charge in [-0.15, -0.1) is 0 Å². The molecule has 44 heavy (non-hydrogen) atoms. The fraction of sp³-hybridized carbons (Fsp3) is 0.111. The largest absolute Gasteiger partial charge is 0.478 e. The number of carboxylic acids is 2. The van der Waals surface area contributed by atoms with Crippen molar-refractivity contribution in [2.45, 2.75) is 26.2 Å². The second-order valence-electron chi connectivity index (χ2n) is 10.3. The number of pyridine rings is 2. The van der Waals surface area contributed by atoms with E-state index >= 15 is 0 Å². The zero-order valence-corrected chi connectivity index (χ0v) is 27.0. The lowest BCUT2D eigenvalue weighted by Gasteiger charge is -2.13. The Hall–Kier alpha value is -4.40. The number of carbonyl (C=O) groups is 2. The summed E-state index contributed by atoms with van der Waals surface area (Å²) in [6.07, 6.45) is 2.12. The lowest BCUT2D eigenvalue weighted by Crippen LogP contribution is -2.08. The Bertz CT molecular complexity index is 1980. The molecule has 0 radical (unpaired) electrons. The van der Waals surface area contributed by atoms with Crippen molar-refractivity contribution in [1.82, 2.24) is 9.97 Å². The fourth-order valence-electron chi connectivity index (χ4n) is 5.13. The summed E-state index contributed by atoms with van der Waals surface area (Å²) in [5.74, 6) is -1.84. The molecule has 2 N–H and O–H groups in total. The number of rotatable bonds is 7. The zero-order chi connectivity index (χ0) is 31.2. The molecule has 0 fully saturated rings. The average molecular weight is 712 g/mol. The van der Waals surface area contributed by atoms with E-state index in [1.165, 1.54) is 5.56 Å². The van der Waals surface area contributed by atoms with E-state index in [4.69, 9.17) is 0 Å². The average Bonchev–Trinajstić information content (AvgIpc) is 3.01.